The van der Waals surface area contributed by atoms with E-state index in [2.05, 4.69) is 10.6 Å². The van der Waals surface area contributed by atoms with Crippen LogP contribution in [-0.4, -0.2) is 17.1 Å². The highest BCUT2D eigenvalue weighted by Gasteiger charge is 2.11. The van der Waals surface area contributed by atoms with E-state index in [9.17, 15) is 9.59 Å². The molecule has 0 fully saturated rings. The summed E-state index contributed by atoms with van der Waals surface area (Å²) in [5.74, 6) is -1.01. The maximum absolute atomic E-state index is 11.9. The number of urea groups is 1. The molecule has 0 spiro atoms. The first-order valence-corrected chi connectivity index (χ1v) is 7.22. The van der Waals surface area contributed by atoms with E-state index >= 15 is 0 Å². The molecule has 0 aliphatic heterocycles. The van der Waals surface area contributed by atoms with Crippen LogP contribution in [-0.2, 0) is 6.54 Å². The van der Waals surface area contributed by atoms with Crippen LogP contribution in [0.3, 0.4) is 0 Å². The quantitative estimate of drug-likeness (QED) is 0.810. The molecule has 1 aromatic heterocycles. The van der Waals surface area contributed by atoms with Gasteiger partial charge in [0.1, 0.15) is 0 Å². The van der Waals surface area contributed by atoms with Gasteiger partial charge in [0.05, 0.1) is 12.1 Å². The number of hydrogen-bond donors (Lipinski definition) is 3. The van der Waals surface area contributed by atoms with Gasteiger partial charge < -0.3 is 15.7 Å². The molecule has 0 saturated carbocycles. The fourth-order valence-electron chi connectivity index (χ4n) is 1.92. The van der Waals surface area contributed by atoms with Crippen molar-refractivity contribution in [2.45, 2.75) is 20.4 Å². The lowest BCUT2D eigenvalue weighted by Gasteiger charge is -2.11. The number of hydrogen-bond acceptors (Lipinski definition) is 3. The molecule has 0 saturated heterocycles. The van der Waals surface area contributed by atoms with Gasteiger partial charge in [-0.1, -0.05) is 6.07 Å². The number of aromatic carboxylic acids is 1. The number of aryl methyl sites for hydroxylation is 1. The molecule has 0 atom stereocenters. The van der Waals surface area contributed by atoms with Gasteiger partial charge in [-0.3, -0.25) is 0 Å². The molecule has 5 nitrogen and oxygen atoms in total. The number of thiophene rings is 1. The minimum Gasteiger partial charge on any atom is -0.478 e. The molecule has 6 heteroatoms. The first-order valence-electron chi connectivity index (χ1n) is 6.40. The van der Waals surface area contributed by atoms with E-state index in [1.165, 1.54) is 10.9 Å². The van der Waals surface area contributed by atoms with Crippen molar-refractivity contribution in [1.29, 1.82) is 0 Å². The maximum atomic E-state index is 11.9. The zero-order chi connectivity index (χ0) is 15.4. The first-order chi connectivity index (χ1) is 9.97. The third-order valence-electron chi connectivity index (χ3n) is 3.03. The molecular weight excluding hydrogens is 288 g/mol. The maximum Gasteiger partial charge on any atom is 0.336 e. The second kappa shape index (κ2) is 6.41. The highest BCUT2D eigenvalue weighted by Crippen LogP contribution is 2.19. The Balaban J connectivity index is 1.99. The number of carboxylic acid groups (broad SMARTS) is 1. The van der Waals surface area contributed by atoms with E-state index in [4.69, 9.17) is 5.11 Å². The Bertz CT molecular complexity index is 679. The van der Waals surface area contributed by atoms with Crippen LogP contribution in [0.1, 0.15) is 25.7 Å². The summed E-state index contributed by atoms with van der Waals surface area (Å²) in [6, 6.07) is 8.41. The van der Waals surface area contributed by atoms with Crippen molar-refractivity contribution >= 4 is 29.0 Å². The molecule has 0 aliphatic rings. The van der Waals surface area contributed by atoms with Crippen molar-refractivity contribution < 1.29 is 14.7 Å². The summed E-state index contributed by atoms with van der Waals surface area (Å²) in [5, 5.41) is 14.5. The molecule has 2 aromatic rings. The average molecular weight is 304 g/mol. The van der Waals surface area contributed by atoms with Gasteiger partial charge in [0.2, 0.25) is 0 Å². The summed E-state index contributed by atoms with van der Waals surface area (Å²) in [4.78, 5) is 25.2. The fraction of sp³-hybridized carbons (Fsp3) is 0.200. The number of benzene rings is 1. The summed E-state index contributed by atoms with van der Waals surface area (Å²) in [6.07, 6.45) is 0. The van der Waals surface area contributed by atoms with Gasteiger partial charge in [0.25, 0.3) is 0 Å². The lowest BCUT2D eigenvalue weighted by Crippen LogP contribution is -2.28. The highest BCUT2D eigenvalue weighted by molar-refractivity contribution is 7.11. The van der Waals surface area contributed by atoms with E-state index in [1.807, 2.05) is 19.1 Å². The van der Waals surface area contributed by atoms with Gasteiger partial charge in [0, 0.05) is 15.4 Å². The summed E-state index contributed by atoms with van der Waals surface area (Å²) in [6.45, 7) is 4.12. The smallest absolute Gasteiger partial charge is 0.336 e. The lowest BCUT2D eigenvalue weighted by atomic mass is 10.1. The lowest BCUT2D eigenvalue weighted by molar-refractivity contribution is 0.0696. The van der Waals surface area contributed by atoms with E-state index in [0.29, 0.717) is 17.8 Å². The summed E-state index contributed by atoms with van der Waals surface area (Å²) in [5.41, 5.74) is 1.21. The standard InChI is InChI=1S/C15H16N2O3S/c1-9-6-7-11(21-9)8-16-15(20)17-13-5-3-4-12(10(13)2)14(18)19/h3-7H,8H2,1-2H3,(H,18,19)(H2,16,17,20). The number of amides is 2. The zero-order valence-corrected chi connectivity index (χ0v) is 12.6. The number of anilines is 1. The normalized spacial score (nSPS) is 10.2. The highest BCUT2D eigenvalue weighted by atomic mass is 32.1. The van der Waals surface area contributed by atoms with Gasteiger partial charge in [-0.25, -0.2) is 9.59 Å². The number of carbonyl (C=O) groups excluding carboxylic acids is 1. The van der Waals surface area contributed by atoms with Crippen LogP contribution in [0, 0.1) is 13.8 Å². The second-order valence-electron chi connectivity index (χ2n) is 4.60. The van der Waals surface area contributed by atoms with Gasteiger partial charge in [-0.2, -0.15) is 0 Å². The molecule has 2 rings (SSSR count). The molecule has 110 valence electrons. The van der Waals surface area contributed by atoms with Crippen LogP contribution in [0.2, 0.25) is 0 Å². The Morgan fingerprint density at radius 3 is 2.57 bits per heavy atom. The molecule has 2 amide bonds. The minimum absolute atomic E-state index is 0.182. The minimum atomic E-state index is -1.01. The summed E-state index contributed by atoms with van der Waals surface area (Å²) >= 11 is 1.63. The van der Waals surface area contributed by atoms with E-state index < -0.39 is 5.97 Å². The Kier molecular flexibility index (Phi) is 4.59. The Morgan fingerprint density at radius 2 is 1.95 bits per heavy atom. The van der Waals surface area contributed by atoms with Crippen molar-refractivity contribution in [3.63, 3.8) is 0 Å². The Labute approximate surface area is 126 Å². The summed E-state index contributed by atoms with van der Waals surface area (Å²) < 4.78 is 0. The molecule has 3 N–H and O–H groups in total. The van der Waals surface area contributed by atoms with Gasteiger partial charge in [-0.05, 0) is 43.7 Å². The van der Waals surface area contributed by atoms with Gasteiger partial charge >= 0.3 is 12.0 Å². The average Bonchev–Trinajstić information content (AvgIpc) is 2.84. The predicted molar refractivity (Wildman–Crippen MR) is 83.1 cm³/mol. The van der Waals surface area contributed by atoms with Crippen LogP contribution in [0.4, 0.5) is 10.5 Å². The van der Waals surface area contributed by atoms with E-state index in [0.717, 1.165) is 4.88 Å². The van der Waals surface area contributed by atoms with Crippen LogP contribution in [0.25, 0.3) is 0 Å². The van der Waals surface area contributed by atoms with Crippen LogP contribution in [0.5, 0.6) is 0 Å². The van der Waals surface area contributed by atoms with Gasteiger partial charge in [-0.15, -0.1) is 11.3 Å². The Hall–Kier alpha value is -2.34. The third kappa shape index (κ3) is 3.82. The summed E-state index contributed by atoms with van der Waals surface area (Å²) in [7, 11) is 0. The Morgan fingerprint density at radius 1 is 1.19 bits per heavy atom. The SMILES string of the molecule is Cc1ccc(CNC(=O)Nc2cccc(C(=O)O)c2C)s1. The number of carboxylic acids is 1. The van der Waals surface area contributed by atoms with E-state index in [1.54, 1.807) is 30.4 Å². The molecule has 1 aromatic carbocycles. The number of carbonyl (C=O) groups is 2. The van der Waals surface area contributed by atoms with Gasteiger partial charge in [0.15, 0.2) is 0 Å². The largest absolute Gasteiger partial charge is 0.478 e. The van der Waals surface area contributed by atoms with Crippen molar-refractivity contribution in [2.75, 3.05) is 5.32 Å². The van der Waals surface area contributed by atoms with Crippen LogP contribution in [0.15, 0.2) is 30.3 Å². The molecule has 0 unspecified atom stereocenters. The predicted octanol–water partition coefficient (Wildman–Crippen LogP) is 3.38. The molecule has 0 aliphatic carbocycles. The molecule has 0 bridgehead atoms. The fourth-order valence-corrected chi connectivity index (χ4v) is 2.75. The first kappa shape index (κ1) is 15.1. The monoisotopic (exact) mass is 304 g/mol. The van der Waals surface area contributed by atoms with Crippen molar-refractivity contribution in [2.24, 2.45) is 0 Å². The number of nitrogens with one attached hydrogen (secondary N) is 2. The molecule has 1 heterocycles. The van der Waals surface area contributed by atoms with Crippen molar-refractivity contribution in [3.8, 4) is 0 Å². The number of rotatable bonds is 4. The zero-order valence-electron chi connectivity index (χ0n) is 11.8. The molecule has 21 heavy (non-hydrogen) atoms. The van der Waals surface area contributed by atoms with Crippen molar-refractivity contribution in [1.82, 2.24) is 5.32 Å². The molecule has 0 radical (unpaired) electrons. The topological polar surface area (TPSA) is 78.4 Å². The third-order valence-corrected chi connectivity index (χ3v) is 4.03. The van der Waals surface area contributed by atoms with E-state index in [-0.39, 0.29) is 11.6 Å². The van der Waals surface area contributed by atoms with Crippen molar-refractivity contribution in [3.05, 3.63) is 51.2 Å². The second-order valence-corrected chi connectivity index (χ2v) is 5.98. The molecular formula is C15H16N2O3S. The van der Waals surface area contributed by atoms with Crippen LogP contribution < -0.4 is 10.6 Å². The van der Waals surface area contributed by atoms with Crippen LogP contribution >= 0.6 is 11.3 Å².